The first-order chi connectivity index (χ1) is 9.51. The van der Waals surface area contributed by atoms with E-state index in [0.29, 0.717) is 10.5 Å². The molecule has 1 aromatic carbocycles. The van der Waals surface area contributed by atoms with Crippen molar-refractivity contribution in [3.05, 3.63) is 34.4 Å². The van der Waals surface area contributed by atoms with Gasteiger partial charge in [0.15, 0.2) is 33.0 Å². The van der Waals surface area contributed by atoms with Crippen molar-refractivity contribution < 1.29 is 26.4 Å². The Hall–Kier alpha value is -0.706. The summed E-state index contributed by atoms with van der Waals surface area (Å²) in [6.07, 6.45) is 0. The maximum atomic E-state index is 14.4. The van der Waals surface area contributed by atoms with Crippen LogP contribution in [-0.4, -0.2) is 27.4 Å². The highest BCUT2D eigenvalue weighted by Crippen LogP contribution is 2.37. The molecule has 1 rings (SSSR count). The minimum Gasteiger partial charge on any atom is -0.466 e. The number of rotatable bonds is 4. The van der Waals surface area contributed by atoms with E-state index >= 15 is 0 Å². The van der Waals surface area contributed by atoms with Crippen molar-refractivity contribution in [2.24, 2.45) is 0 Å². The van der Waals surface area contributed by atoms with Crippen LogP contribution in [0.1, 0.15) is 38.8 Å². The van der Waals surface area contributed by atoms with Gasteiger partial charge >= 0.3 is 0 Å². The van der Waals surface area contributed by atoms with Gasteiger partial charge in [0, 0.05) is 12.7 Å². The van der Waals surface area contributed by atoms with Crippen molar-refractivity contribution in [3.63, 3.8) is 0 Å². The van der Waals surface area contributed by atoms with Crippen LogP contribution < -0.4 is 0 Å². The van der Waals surface area contributed by atoms with Crippen molar-refractivity contribution in [2.45, 2.75) is 38.3 Å². The van der Waals surface area contributed by atoms with Gasteiger partial charge in [-0.1, -0.05) is 20.8 Å². The molecule has 1 aromatic rings. The number of hydrogen-bond acceptors (Lipinski definition) is 2. The largest absolute Gasteiger partial charge is 0.466 e. The Morgan fingerprint density at radius 1 is 0.857 bits per heavy atom. The fourth-order valence-corrected chi connectivity index (χ4v) is 5.04. The fourth-order valence-electron chi connectivity index (χ4n) is 2.26. The van der Waals surface area contributed by atoms with Gasteiger partial charge < -0.3 is 8.85 Å². The van der Waals surface area contributed by atoms with E-state index in [1.165, 1.54) is 34.8 Å². The first-order valence-electron chi connectivity index (χ1n) is 6.42. The Morgan fingerprint density at radius 2 is 1.24 bits per heavy atom. The molecule has 0 saturated carbocycles. The third-order valence-electron chi connectivity index (χ3n) is 3.41. The van der Waals surface area contributed by atoms with Crippen molar-refractivity contribution in [2.75, 3.05) is 7.11 Å². The monoisotopic (exact) mass is 340 g/mol. The number of methoxy groups -OCH3 is 1. The summed E-state index contributed by atoms with van der Waals surface area (Å²) in [5, 5.41) is -1.46. The number of benzene rings is 1. The molecule has 0 saturated heterocycles. The van der Waals surface area contributed by atoms with E-state index < -0.39 is 54.8 Å². The molecule has 1 unspecified atom stereocenters. The van der Waals surface area contributed by atoms with E-state index in [-0.39, 0.29) is 0 Å². The molecule has 0 aliphatic heterocycles. The minimum absolute atomic E-state index is 0.358. The highest BCUT2D eigenvalue weighted by molar-refractivity contribution is 6.37. The fraction of sp³-hybridized carbons (Fsp3) is 0.538. The van der Waals surface area contributed by atoms with Crippen molar-refractivity contribution in [3.8, 4) is 0 Å². The smallest absolute Gasteiger partial charge is 0.185 e. The second kappa shape index (κ2) is 6.19. The average molecular weight is 340 g/mol. The molecule has 0 radical (unpaired) electrons. The molecule has 2 nitrogen and oxygen atoms in total. The zero-order chi connectivity index (χ0) is 16.6. The maximum Gasteiger partial charge on any atom is 0.185 e. The number of ether oxygens (including phenoxy) is 1. The lowest BCUT2D eigenvalue weighted by Gasteiger charge is -2.30. The van der Waals surface area contributed by atoms with Crippen LogP contribution in [-0.2, 0) is 19.5 Å². The van der Waals surface area contributed by atoms with Crippen LogP contribution in [0.25, 0.3) is 0 Å². The summed E-state index contributed by atoms with van der Waals surface area (Å²) < 4.78 is 67.4. The van der Waals surface area contributed by atoms with E-state index in [9.17, 15) is 17.6 Å². The molecule has 0 fully saturated rings. The van der Waals surface area contributed by atoms with Crippen molar-refractivity contribution in [1.82, 2.24) is 0 Å². The van der Waals surface area contributed by atoms with Gasteiger partial charge in [-0.25, -0.2) is 17.6 Å². The molecule has 0 aromatic heterocycles. The van der Waals surface area contributed by atoms with Gasteiger partial charge in [-0.2, -0.15) is 0 Å². The molecular formula is C13H20F4O2Si2. The predicted octanol–water partition coefficient (Wildman–Crippen LogP) is 1.74. The Labute approximate surface area is 127 Å². The highest BCUT2D eigenvalue weighted by Gasteiger charge is 2.40. The molecule has 21 heavy (non-hydrogen) atoms. The maximum absolute atomic E-state index is 14.4. The van der Waals surface area contributed by atoms with Gasteiger partial charge in [0.2, 0.25) is 0 Å². The molecule has 8 heteroatoms. The highest BCUT2D eigenvalue weighted by atomic mass is 28.3. The second-order valence-corrected chi connectivity index (χ2v) is 10.1. The summed E-state index contributed by atoms with van der Waals surface area (Å²) >= 11 is 0. The van der Waals surface area contributed by atoms with Crippen molar-refractivity contribution in [1.29, 1.82) is 0 Å². The summed E-state index contributed by atoms with van der Waals surface area (Å²) in [6.45, 7) is 5.84. The molecule has 120 valence electrons. The normalized spacial score (nSPS) is 15.9. The standard InChI is InChI=1S/C13H20F4O2Si2/c1-12(2,3)6-8(14)10(16)7(11(17)9(6)15)13(4,18-5)21-19-20/h21H2,1-5,20H3. The quantitative estimate of drug-likeness (QED) is 0.472. The Kier molecular flexibility index (Phi) is 5.41. The second-order valence-electron chi connectivity index (χ2n) is 6.12. The van der Waals surface area contributed by atoms with Crippen molar-refractivity contribution >= 4 is 20.2 Å². The first kappa shape index (κ1) is 18.3. The summed E-state index contributed by atoms with van der Waals surface area (Å²) in [6, 6.07) is 0. The third-order valence-corrected chi connectivity index (χ3v) is 5.76. The van der Waals surface area contributed by atoms with Crippen LogP contribution >= 0.6 is 0 Å². The molecule has 0 amide bonds. The molecule has 0 aliphatic rings. The predicted molar refractivity (Wildman–Crippen MR) is 78.9 cm³/mol. The third kappa shape index (κ3) is 3.23. The summed E-state index contributed by atoms with van der Waals surface area (Å²) in [4.78, 5) is 0. The van der Waals surface area contributed by atoms with Crippen LogP contribution in [0.3, 0.4) is 0 Å². The van der Waals surface area contributed by atoms with Gasteiger partial charge in [0.25, 0.3) is 0 Å². The van der Waals surface area contributed by atoms with Crippen LogP contribution in [0.2, 0.25) is 0 Å². The molecule has 0 heterocycles. The molecule has 0 aliphatic carbocycles. The molecular weight excluding hydrogens is 320 g/mol. The van der Waals surface area contributed by atoms with Gasteiger partial charge in [-0.05, 0) is 12.3 Å². The Balaban J connectivity index is 3.73. The first-order valence-corrected chi connectivity index (χ1v) is 8.52. The van der Waals surface area contributed by atoms with E-state index in [4.69, 9.17) is 8.85 Å². The summed E-state index contributed by atoms with van der Waals surface area (Å²) in [5.41, 5.74) is -2.40. The van der Waals surface area contributed by atoms with E-state index in [0.717, 1.165) is 0 Å². The van der Waals surface area contributed by atoms with Gasteiger partial charge in [0.1, 0.15) is 15.7 Å². The molecule has 1 atom stereocenters. The lowest BCUT2D eigenvalue weighted by Crippen LogP contribution is -2.37. The van der Waals surface area contributed by atoms with E-state index in [2.05, 4.69) is 0 Å². The zero-order valence-electron chi connectivity index (χ0n) is 13.0. The van der Waals surface area contributed by atoms with Crippen LogP contribution in [0, 0.1) is 23.3 Å². The summed E-state index contributed by atoms with van der Waals surface area (Å²) in [7, 11) is 0.0399. The molecule has 0 spiro atoms. The lowest BCUT2D eigenvalue weighted by molar-refractivity contribution is 0.0583. The Bertz CT molecular complexity index is 517. The van der Waals surface area contributed by atoms with Gasteiger partial charge in [-0.3, -0.25) is 0 Å². The number of hydrogen-bond donors (Lipinski definition) is 0. The van der Waals surface area contributed by atoms with E-state index in [1.807, 2.05) is 0 Å². The SMILES string of the molecule is COC(C)([SiH2]O[SiH3])c1c(F)c(F)c(C(C)(C)C)c(F)c1F. The molecule has 0 N–H and O–H groups in total. The van der Waals surface area contributed by atoms with Crippen LogP contribution in [0.15, 0.2) is 0 Å². The lowest BCUT2D eigenvalue weighted by atomic mass is 9.84. The topological polar surface area (TPSA) is 18.5 Å². The Morgan fingerprint density at radius 3 is 1.52 bits per heavy atom. The minimum atomic E-state index is -1.55. The van der Waals surface area contributed by atoms with Gasteiger partial charge in [0.05, 0.1) is 5.56 Å². The average Bonchev–Trinajstić information content (AvgIpc) is 2.35. The number of halogens is 4. The molecule has 0 bridgehead atoms. The zero-order valence-corrected chi connectivity index (χ0v) is 16.4. The van der Waals surface area contributed by atoms with Crippen LogP contribution in [0.4, 0.5) is 17.6 Å². The van der Waals surface area contributed by atoms with Crippen LogP contribution in [0.5, 0.6) is 0 Å². The van der Waals surface area contributed by atoms with E-state index in [1.54, 1.807) is 0 Å². The summed E-state index contributed by atoms with van der Waals surface area (Å²) in [5.74, 6) is -5.56. The van der Waals surface area contributed by atoms with Gasteiger partial charge in [-0.15, -0.1) is 0 Å².